The van der Waals surface area contributed by atoms with Crippen molar-refractivity contribution < 1.29 is 37.4 Å². The van der Waals surface area contributed by atoms with Crippen LogP contribution in [0.15, 0.2) is 23.6 Å². The Morgan fingerprint density at radius 3 is 2.34 bits per heavy atom. The van der Waals surface area contributed by atoms with Crippen molar-refractivity contribution in [2.45, 2.75) is 87.9 Å². The lowest BCUT2D eigenvalue weighted by molar-refractivity contribution is -0.143. The molecule has 272 valence electrons. The van der Waals surface area contributed by atoms with Crippen molar-refractivity contribution in [3.63, 3.8) is 0 Å². The molecular formula is C34H42ClF3N6O5S. The van der Waals surface area contributed by atoms with Gasteiger partial charge in [0.2, 0.25) is 0 Å². The van der Waals surface area contributed by atoms with E-state index in [1.54, 1.807) is 9.80 Å². The smallest absolute Gasteiger partial charge is 0.420 e. The number of phenolic OH excluding ortho intramolecular Hbond substituents is 1. The summed E-state index contributed by atoms with van der Waals surface area (Å²) >= 11 is 7.47. The van der Waals surface area contributed by atoms with Crippen LogP contribution in [0.5, 0.6) is 5.75 Å². The molecule has 2 aromatic rings. The van der Waals surface area contributed by atoms with Crippen LogP contribution < -0.4 is 5.32 Å². The average Bonchev–Trinajstić information content (AvgIpc) is 3.61. The number of benzene rings is 1. The maximum atomic E-state index is 14.0. The molecule has 4 amide bonds. The number of likely N-dealkylation sites (tertiary alicyclic amines) is 1. The number of piperidine rings is 2. The first-order valence-corrected chi connectivity index (χ1v) is 18.5. The molecule has 16 heteroatoms. The highest BCUT2D eigenvalue weighted by atomic mass is 35.5. The molecule has 4 fully saturated rings. The second kappa shape index (κ2) is 14.0. The van der Waals surface area contributed by atoms with Crippen LogP contribution in [-0.4, -0.2) is 124 Å². The van der Waals surface area contributed by atoms with Crippen LogP contribution in [0.1, 0.15) is 55.2 Å². The van der Waals surface area contributed by atoms with E-state index in [1.165, 1.54) is 35.1 Å². The zero-order valence-electron chi connectivity index (χ0n) is 27.8. The number of rotatable bonds is 6. The zero-order chi connectivity index (χ0) is 35.3. The van der Waals surface area contributed by atoms with Crippen molar-refractivity contribution in [1.29, 1.82) is 0 Å². The van der Waals surface area contributed by atoms with Crippen molar-refractivity contribution in [3.05, 3.63) is 45.3 Å². The number of urea groups is 1. The number of halogens is 4. The molecule has 0 aliphatic carbocycles. The van der Waals surface area contributed by atoms with Gasteiger partial charge in [0.1, 0.15) is 10.8 Å². The molecule has 0 spiro atoms. The van der Waals surface area contributed by atoms with Crippen molar-refractivity contribution in [2.75, 3.05) is 51.6 Å². The Kier molecular flexibility index (Phi) is 9.87. The largest absolute Gasteiger partial charge is 0.506 e. The van der Waals surface area contributed by atoms with Crippen LogP contribution in [-0.2, 0) is 28.7 Å². The van der Waals surface area contributed by atoms with Gasteiger partial charge in [0, 0.05) is 75.4 Å². The maximum absolute atomic E-state index is 14.0. The minimum atomic E-state index is -4.88. The highest BCUT2D eigenvalue weighted by Gasteiger charge is 2.42. The first-order valence-electron chi connectivity index (χ1n) is 17.3. The fourth-order valence-corrected chi connectivity index (χ4v) is 9.46. The molecule has 5 aliphatic heterocycles. The SMILES string of the molecule is CN1C2CCC1CC(N1CCN(C(=O)[C@@H](Cc3cc(Cl)c(O)c(C(F)(F)F)c3)OC(=O)N3CCC(N4Cc5ccsc5NC4=O)CC3)CC1)C2. The number of fused-ring (bicyclic) bond motifs is 3. The van der Waals surface area contributed by atoms with Crippen molar-refractivity contribution in [2.24, 2.45) is 0 Å². The van der Waals surface area contributed by atoms with E-state index < -0.39 is 40.6 Å². The second-order valence-corrected chi connectivity index (χ2v) is 15.5. The molecule has 6 heterocycles. The molecular weight excluding hydrogens is 697 g/mol. The Morgan fingerprint density at radius 2 is 1.68 bits per heavy atom. The summed E-state index contributed by atoms with van der Waals surface area (Å²) in [5.74, 6) is -1.58. The quantitative estimate of drug-likeness (QED) is 0.406. The van der Waals surface area contributed by atoms with Crippen LogP contribution >= 0.6 is 22.9 Å². The number of thiophene rings is 1. The average molecular weight is 739 g/mol. The summed E-state index contributed by atoms with van der Waals surface area (Å²) < 4.78 is 47.0. The summed E-state index contributed by atoms with van der Waals surface area (Å²) in [5, 5.41) is 15.2. The highest BCUT2D eigenvalue weighted by molar-refractivity contribution is 7.14. The number of nitrogens with zero attached hydrogens (tertiary/aromatic N) is 5. The Labute approximate surface area is 297 Å². The van der Waals surface area contributed by atoms with Gasteiger partial charge in [-0.25, -0.2) is 9.59 Å². The van der Waals surface area contributed by atoms with Gasteiger partial charge in [-0.05, 0) is 74.7 Å². The number of alkyl halides is 3. The molecule has 1 aromatic heterocycles. The van der Waals surface area contributed by atoms with Crippen molar-refractivity contribution in [1.82, 2.24) is 24.5 Å². The lowest BCUT2D eigenvalue weighted by atomic mass is 9.96. The van der Waals surface area contributed by atoms with Gasteiger partial charge < -0.3 is 29.4 Å². The molecule has 0 saturated carbocycles. The molecule has 4 saturated heterocycles. The fraction of sp³-hybridized carbons (Fsp3) is 0.618. The number of phenols is 1. The fourth-order valence-electron chi connectivity index (χ4n) is 8.42. The zero-order valence-corrected chi connectivity index (χ0v) is 29.4. The van der Waals surface area contributed by atoms with Gasteiger partial charge in [-0.2, -0.15) is 13.2 Å². The Morgan fingerprint density at radius 1 is 1.00 bits per heavy atom. The predicted octanol–water partition coefficient (Wildman–Crippen LogP) is 5.46. The summed E-state index contributed by atoms with van der Waals surface area (Å²) in [7, 11) is 2.20. The van der Waals surface area contributed by atoms with E-state index >= 15 is 0 Å². The van der Waals surface area contributed by atoms with Crippen LogP contribution in [0.3, 0.4) is 0 Å². The highest BCUT2D eigenvalue weighted by Crippen LogP contribution is 2.41. The van der Waals surface area contributed by atoms with Gasteiger partial charge in [-0.15, -0.1) is 11.3 Å². The third-order valence-corrected chi connectivity index (χ3v) is 12.5. The topological polar surface area (TPSA) is 109 Å². The third kappa shape index (κ3) is 7.10. The number of anilines is 1. The van der Waals surface area contributed by atoms with E-state index in [9.17, 15) is 32.7 Å². The Balaban J connectivity index is 1.02. The number of hydrogen-bond donors (Lipinski definition) is 2. The number of carbonyl (C=O) groups is 3. The molecule has 2 unspecified atom stereocenters. The number of ether oxygens (including phenoxy) is 1. The van der Waals surface area contributed by atoms with E-state index in [1.807, 2.05) is 11.4 Å². The van der Waals surface area contributed by atoms with E-state index in [0.29, 0.717) is 63.7 Å². The Bertz CT molecular complexity index is 1600. The summed E-state index contributed by atoms with van der Waals surface area (Å²) in [6.07, 6.45) is -1.76. The lowest BCUT2D eigenvalue weighted by Crippen LogP contribution is -2.57. The van der Waals surface area contributed by atoms with Crippen LogP contribution in [0.2, 0.25) is 5.02 Å². The number of hydrogen-bond acceptors (Lipinski definition) is 8. The normalized spacial score (nSPS) is 25.7. The monoisotopic (exact) mass is 738 g/mol. The van der Waals surface area contributed by atoms with Gasteiger partial charge in [-0.3, -0.25) is 15.0 Å². The lowest BCUT2D eigenvalue weighted by Gasteiger charge is -2.45. The van der Waals surface area contributed by atoms with Crippen molar-refractivity contribution >= 4 is 46.0 Å². The van der Waals surface area contributed by atoms with E-state index in [2.05, 4.69) is 22.2 Å². The molecule has 50 heavy (non-hydrogen) atoms. The minimum absolute atomic E-state index is 0.00864. The minimum Gasteiger partial charge on any atom is -0.506 e. The van der Waals surface area contributed by atoms with Gasteiger partial charge >= 0.3 is 18.3 Å². The standard InChI is InChI=1S/C34H42ClF3N6O5S/c1-40-23-2-3-24(40)18-25(17-23)41-9-11-42(12-10-41)31(46)28(16-20-14-26(34(36,37)38)29(45)27(35)15-20)49-33(48)43-7-4-22(5-8-43)44-19-21-6-13-50-30(21)39-32(44)47/h6,13-15,22-25,28,45H,2-5,7-12,16-19H2,1H3,(H,39,47)/t23?,24?,25?,28-/m1/s1. The molecule has 2 N–H and O–H groups in total. The van der Waals surface area contributed by atoms with E-state index in [0.717, 1.165) is 29.5 Å². The molecule has 3 atom stereocenters. The number of nitrogens with one attached hydrogen (secondary N) is 1. The summed E-state index contributed by atoms with van der Waals surface area (Å²) in [5.41, 5.74) is -0.272. The van der Waals surface area contributed by atoms with Crippen LogP contribution in [0.25, 0.3) is 0 Å². The van der Waals surface area contributed by atoms with Gasteiger partial charge in [0.15, 0.2) is 6.10 Å². The van der Waals surface area contributed by atoms with Crippen LogP contribution in [0, 0.1) is 0 Å². The van der Waals surface area contributed by atoms with Crippen molar-refractivity contribution in [3.8, 4) is 5.75 Å². The number of aromatic hydroxyl groups is 1. The summed E-state index contributed by atoms with van der Waals surface area (Å²) in [6.45, 7) is 3.19. The van der Waals surface area contributed by atoms with Gasteiger partial charge in [0.05, 0.1) is 17.1 Å². The third-order valence-electron chi connectivity index (χ3n) is 11.3. The first kappa shape index (κ1) is 35.1. The van der Waals surface area contributed by atoms with Gasteiger partial charge in [0.25, 0.3) is 5.91 Å². The molecule has 5 aliphatic rings. The maximum Gasteiger partial charge on any atom is 0.420 e. The molecule has 0 radical (unpaired) electrons. The number of piperazine rings is 1. The van der Waals surface area contributed by atoms with Gasteiger partial charge in [-0.1, -0.05) is 11.6 Å². The summed E-state index contributed by atoms with van der Waals surface area (Å²) in [4.78, 5) is 50.1. The molecule has 7 rings (SSSR count). The molecule has 2 bridgehead atoms. The molecule has 11 nitrogen and oxygen atoms in total. The molecule has 1 aromatic carbocycles. The number of amides is 4. The first-order chi connectivity index (χ1) is 23.9. The summed E-state index contributed by atoms with van der Waals surface area (Å²) in [6, 6.07) is 5.22. The van der Waals surface area contributed by atoms with E-state index in [-0.39, 0.29) is 37.1 Å². The van der Waals surface area contributed by atoms with E-state index in [4.69, 9.17) is 16.3 Å². The Hall–Kier alpha value is -3.27. The second-order valence-electron chi connectivity index (χ2n) is 14.1. The van der Waals surface area contributed by atoms with Crippen LogP contribution in [0.4, 0.5) is 27.8 Å². The predicted molar refractivity (Wildman–Crippen MR) is 181 cm³/mol. The number of carbonyl (C=O) groups excluding carboxylic acids is 3.